The lowest BCUT2D eigenvalue weighted by atomic mass is 9.98. The second-order valence-corrected chi connectivity index (χ2v) is 12.9. The monoisotopic (exact) mass is 564 g/mol. The highest BCUT2D eigenvalue weighted by molar-refractivity contribution is 7.79. The van der Waals surface area contributed by atoms with E-state index in [2.05, 4.69) is 117 Å². The van der Waals surface area contributed by atoms with Crippen LogP contribution in [0.15, 0.2) is 140 Å². The molecule has 0 amide bonds. The average molecular weight is 565 g/mol. The third-order valence-electron chi connectivity index (χ3n) is 7.22. The highest BCUT2D eigenvalue weighted by atomic mass is 31.1. The standard InChI is InChI=1S/C38H33N2OP/c1-27(2)23-28-24-34(40-35(25-28)33-18-6-8-19-36(33)41)30-15-12-16-31(26-30)42(38-21-10-11-22-39-38)37-20-9-7-17-32(37)29-13-4-3-5-14-29/h3-22,24-27,41H,23H2,1-2H3. The maximum atomic E-state index is 10.6. The van der Waals surface area contributed by atoms with Crippen LogP contribution in [0.5, 0.6) is 5.75 Å². The largest absolute Gasteiger partial charge is 0.507 e. The first-order valence-corrected chi connectivity index (χ1v) is 15.7. The Hall–Kier alpha value is -4.59. The van der Waals surface area contributed by atoms with Crippen LogP contribution in [0.3, 0.4) is 0 Å². The van der Waals surface area contributed by atoms with Crippen molar-refractivity contribution in [3.63, 3.8) is 0 Å². The fraction of sp³-hybridized carbons (Fsp3) is 0.105. The van der Waals surface area contributed by atoms with Crippen molar-refractivity contribution < 1.29 is 5.11 Å². The summed E-state index contributed by atoms with van der Waals surface area (Å²) < 4.78 is 0. The molecule has 0 bridgehead atoms. The quantitative estimate of drug-likeness (QED) is 0.190. The van der Waals surface area contributed by atoms with Crippen LogP contribution >= 0.6 is 7.92 Å². The Bertz CT molecular complexity index is 1800. The molecule has 0 saturated carbocycles. The first-order chi connectivity index (χ1) is 20.6. The lowest BCUT2D eigenvalue weighted by Gasteiger charge is -2.22. The van der Waals surface area contributed by atoms with Gasteiger partial charge in [-0.1, -0.05) is 105 Å². The summed E-state index contributed by atoms with van der Waals surface area (Å²) in [4.78, 5) is 9.95. The van der Waals surface area contributed by atoms with Crippen LogP contribution in [0.1, 0.15) is 19.4 Å². The predicted octanol–water partition coefficient (Wildman–Crippen LogP) is 8.14. The zero-order valence-corrected chi connectivity index (χ0v) is 24.7. The number of phenolic OH excluding ortho intramolecular Hbond substituents is 1. The molecule has 0 aliphatic carbocycles. The van der Waals surface area contributed by atoms with Crippen molar-refractivity contribution in [3.05, 3.63) is 145 Å². The van der Waals surface area contributed by atoms with E-state index in [1.165, 1.54) is 27.3 Å². The summed E-state index contributed by atoms with van der Waals surface area (Å²) in [5.41, 5.74) is 8.17. The van der Waals surface area contributed by atoms with E-state index in [-0.39, 0.29) is 5.75 Å². The third kappa shape index (κ3) is 6.03. The second-order valence-electron chi connectivity index (χ2n) is 10.8. The number of aromatic hydroxyl groups is 1. The summed E-state index contributed by atoms with van der Waals surface area (Å²) in [6.07, 6.45) is 2.82. The van der Waals surface area contributed by atoms with Gasteiger partial charge in [0.25, 0.3) is 0 Å². The van der Waals surface area contributed by atoms with Crippen LogP contribution < -0.4 is 16.0 Å². The van der Waals surface area contributed by atoms with E-state index in [0.717, 1.165) is 34.4 Å². The Morgan fingerprint density at radius 1 is 0.643 bits per heavy atom. The van der Waals surface area contributed by atoms with E-state index in [9.17, 15) is 5.11 Å². The van der Waals surface area contributed by atoms with Gasteiger partial charge in [0.1, 0.15) is 5.75 Å². The number of aromatic nitrogens is 2. The summed E-state index contributed by atoms with van der Waals surface area (Å²) in [7, 11) is -0.954. The Labute approximate surface area is 249 Å². The zero-order valence-electron chi connectivity index (χ0n) is 23.9. The van der Waals surface area contributed by atoms with Crippen molar-refractivity contribution >= 4 is 24.0 Å². The fourth-order valence-electron chi connectivity index (χ4n) is 5.37. The van der Waals surface area contributed by atoms with Gasteiger partial charge in [-0.25, -0.2) is 4.98 Å². The normalized spacial score (nSPS) is 11.9. The Balaban J connectivity index is 1.51. The molecule has 3 nitrogen and oxygen atoms in total. The highest BCUT2D eigenvalue weighted by Crippen LogP contribution is 2.38. The minimum Gasteiger partial charge on any atom is -0.507 e. The highest BCUT2D eigenvalue weighted by Gasteiger charge is 2.22. The molecule has 0 fully saturated rings. The molecule has 1 atom stereocenters. The Morgan fingerprint density at radius 3 is 2.10 bits per heavy atom. The van der Waals surface area contributed by atoms with Crippen LogP contribution in [0.4, 0.5) is 0 Å². The van der Waals surface area contributed by atoms with Crippen molar-refractivity contribution in [1.82, 2.24) is 9.97 Å². The van der Waals surface area contributed by atoms with Crippen LogP contribution in [0, 0.1) is 5.92 Å². The molecule has 0 spiro atoms. The summed E-state index contributed by atoms with van der Waals surface area (Å²) in [5, 5.41) is 13.1. The molecule has 1 unspecified atom stereocenters. The summed E-state index contributed by atoms with van der Waals surface area (Å²) >= 11 is 0. The second kappa shape index (κ2) is 12.5. The number of hydrogen-bond donors (Lipinski definition) is 1. The number of pyridine rings is 2. The van der Waals surface area contributed by atoms with E-state index in [1.54, 1.807) is 6.07 Å². The average Bonchev–Trinajstić information content (AvgIpc) is 3.02. The first-order valence-electron chi connectivity index (χ1n) is 14.3. The number of hydrogen-bond acceptors (Lipinski definition) is 3. The summed E-state index contributed by atoms with van der Waals surface area (Å²) in [6.45, 7) is 4.45. The number of para-hydroxylation sites is 1. The summed E-state index contributed by atoms with van der Waals surface area (Å²) in [5.74, 6) is 0.734. The molecule has 0 aliphatic rings. The minimum atomic E-state index is -0.954. The van der Waals surface area contributed by atoms with E-state index in [0.29, 0.717) is 5.92 Å². The first kappa shape index (κ1) is 27.6. The Morgan fingerprint density at radius 2 is 1.33 bits per heavy atom. The van der Waals surface area contributed by atoms with E-state index < -0.39 is 7.92 Å². The molecular formula is C38H33N2OP. The number of benzene rings is 4. The van der Waals surface area contributed by atoms with Crippen molar-refractivity contribution in [2.45, 2.75) is 20.3 Å². The molecule has 4 heteroatoms. The van der Waals surface area contributed by atoms with Crippen LogP contribution in [-0.4, -0.2) is 15.1 Å². The maximum absolute atomic E-state index is 10.6. The molecule has 4 aromatic carbocycles. The minimum absolute atomic E-state index is 0.239. The van der Waals surface area contributed by atoms with Gasteiger partial charge in [0.2, 0.25) is 0 Å². The number of rotatable bonds is 8. The SMILES string of the molecule is CC(C)Cc1cc(-c2cccc(P(c3ccccn3)c3ccccc3-c3ccccc3)c2)nc(-c2ccccc2O)c1. The van der Waals surface area contributed by atoms with Gasteiger partial charge in [-0.15, -0.1) is 0 Å². The lowest BCUT2D eigenvalue weighted by molar-refractivity contribution is 0.477. The van der Waals surface area contributed by atoms with Crippen molar-refractivity contribution in [2.24, 2.45) is 5.92 Å². The molecule has 0 saturated heterocycles. The van der Waals surface area contributed by atoms with Gasteiger partial charge in [-0.3, -0.25) is 4.98 Å². The van der Waals surface area contributed by atoms with Gasteiger partial charge in [-0.05, 0) is 82.1 Å². The molecular weight excluding hydrogens is 531 g/mol. The maximum Gasteiger partial charge on any atom is 0.124 e. The summed E-state index contributed by atoms with van der Waals surface area (Å²) in [6, 6.07) is 45.9. The molecule has 6 rings (SSSR count). The number of phenols is 1. The van der Waals surface area contributed by atoms with Crippen LogP contribution in [0.2, 0.25) is 0 Å². The molecule has 1 N–H and O–H groups in total. The molecule has 206 valence electrons. The van der Waals surface area contributed by atoms with Crippen molar-refractivity contribution in [1.29, 1.82) is 0 Å². The van der Waals surface area contributed by atoms with Gasteiger partial charge in [0.05, 0.1) is 16.8 Å². The van der Waals surface area contributed by atoms with Gasteiger partial charge in [0.15, 0.2) is 0 Å². The van der Waals surface area contributed by atoms with Crippen LogP contribution in [0.25, 0.3) is 33.6 Å². The van der Waals surface area contributed by atoms with Gasteiger partial charge < -0.3 is 5.11 Å². The van der Waals surface area contributed by atoms with Crippen molar-refractivity contribution in [2.75, 3.05) is 0 Å². The molecule has 0 aliphatic heterocycles. The van der Waals surface area contributed by atoms with Crippen LogP contribution in [-0.2, 0) is 6.42 Å². The number of nitrogens with zero attached hydrogens (tertiary/aromatic N) is 2. The smallest absolute Gasteiger partial charge is 0.124 e. The van der Waals surface area contributed by atoms with Gasteiger partial charge in [0, 0.05) is 25.2 Å². The van der Waals surface area contributed by atoms with Gasteiger partial charge >= 0.3 is 0 Å². The molecule has 0 radical (unpaired) electrons. The Kier molecular flexibility index (Phi) is 8.21. The zero-order chi connectivity index (χ0) is 28.9. The van der Waals surface area contributed by atoms with E-state index in [4.69, 9.17) is 9.97 Å². The van der Waals surface area contributed by atoms with Crippen molar-refractivity contribution in [3.8, 4) is 39.4 Å². The molecule has 6 aromatic rings. The lowest BCUT2D eigenvalue weighted by Crippen LogP contribution is -2.24. The fourth-order valence-corrected chi connectivity index (χ4v) is 7.76. The topological polar surface area (TPSA) is 46.0 Å². The molecule has 2 heterocycles. The predicted molar refractivity (Wildman–Crippen MR) is 177 cm³/mol. The van der Waals surface area contributed by atoms with E-state index >= 15 is 0 Å². The van der Waals surface area contributed by atoms with E-state index in [1.807, 2.05) is 30.5 Å². The molecule has 42 heavy (non-hydrogen) atoms. The third-order valence-corrected chi connectivity index (χ3v) is 9.61. The van der Waals surface area contributed by atoms with Gasteiger partial charge in [-0.2, -0.15) is 0 Å². The molecule has 2 aromatic heterocycles.